The Hall–Kier alpha value is -3.30. The minimum Gasteiger partial charge on any atom is -0.461 e. The molecule has 9 heteroatoms. The van der Waals surface area contributed by atoms with E-state index >= 15 is 4.39 Å². The number of hydrogen-bond donors (Lipinski definition) is 2. The number of ether oxygens (including phenoxy) is 1. The van der Waals surface area contributed by atoms with E-state index in [4.69, 9.17) is 14.7 Å². The summed E-state index contributed by atoms with van der Waals surface area (Å²) < 4.78 is 22.9. The van der Waals surface area contributed by atoms with Crippen LogP contribution >= 0.6 is 0 Å². The molecule has 8 rings (SSSR count). The molecule has 202 valence electrons. The molecule has 8 nitrogen and oxygen atoms in total. The van der Waals surface area contributed by atoms with Gasteiger partial charge < -0.3 is 19.9 Å². The minimum atomic E-state index is -0.343. The summed E-state index contributed by atoms with van der Waals surface area (Å²) in [4.78, 5) is 22.3. The van der Waals surface area contributed by atoms with Gasteiger partial charge in [-0.25, -0.2) is 4.39 Å². The molecule has 2 bridgehead atoms. The van der Waals surface area contributed by atoms with Crippen LogP contribution in [-0.4, -0.2) is 75.2 Å². The Bertz CT molecular complexity index is 1560. The van der Waals surface area contributed by atoms with Crippen molar-refractivity contribution in [3.05, 3.63) is 42.1 Å². The van der Waals surface area contributed by atoms with Gasteiger partial charge >= 0.3 is 6.01 Å². The third-order valence-corrected chi connectivity index (χ3v) is 9.64. The molecule has 4 fully saturated rings. The summed E-state index contributed by atoms with van der Waals surface area (Å²) in [5.74, 6) is 0.438. The molecule has 4 aliphatic rings. The van der Waals surface area contributed by atoms with E-state index in [1.165, 1.54) is 25.7 Å². The van der Waals surface area contributed by atoms with Gasteiger partial charge in [-0.3, -0.25) is 9.88 Å². The summed E-state index contributed by atoms with van der Waals surface area (Å²) in [5.41, 5.74) is 3.51. The van der Waals surface area contributed by atoms with Crippen molar-refractivity contribution in [2.45, 2.75) is 63.1 Å². The van der Waals surface area contributed by atoms with Gasteiger partial charge in [0.25, 0.3) is 0 Å². The maximum Gasteiger partial charge on any atom is 0.319 e. The zero-order valence-corrected chi connectivity index (χ0v) is 22.3. The highest BCUT2D eigenvalue weighted by Crippen LogP contribution is 2.40. The van der Waals surface area contributed by atoms with Gasteiger partial charge in [-0.05, 0) is 70.7 Å². The zero-order valence-electron chi connectivity index (χ0n) is 22.3. The van der Waals surface area contributed by atoms with Gasteiger partial charge in [0.1, 0.15) is 17.9 Å². The second-order valence-electron chi connectivity index (χ2n) is 11.9. The van der Waals surface area contributed by atoms with E-state index in [0.29, 0.717) is 29.8 Å². The molecule has 0 amide bonds. The Labute approximate surface area is 227 Å². The van der Waals surface area contributed by atoms with Gasteiger partial charge in [-0.15, -0.1) is 0 Å². The van der Waals surface area contributed by atoms with Crippen LogP contribution < -0.4 is 15.0 Å². The van der Waals surface area contributed by atoms with Gasteiger partial charge in [-0.1, -0.05) is 6.07 Å². The lowest BCUT2D eigenvalue weighted by atomic mass is 9.95. The lowest BCUT2D eigenvalue weighted by Crippen LogP contribution is -2.51. The number of nitrogens with one attached hydrogen (secondary N) is 2. The lowest BCUT2D eigenvalue weighted by molar-refractivity contribution is 0.108. The average Bonchev–Trinajstić information content (AvgIpc) is 3.71. The molecular formula is C30H34FN7O. The Morgan fingerprint density at radius 2 is 1.85 bits per heavy atom. The van der Waals surface area contributed by atoms with Gasteiger partial charge in [0, 0.05) is 70.7 Å². The van der Waals surface area contributed by atoms with Crippen LogP contribution in [0, 0.1) is 12.7 Å². The highest BCUT2D eigenvalue weighted by atomic mass is 19.1. The van der Waals surface area contributed by atoms with E-state index < -0.39 is 0 Å². The van der Waals surface area contributed by atoms with E-state index in [1.807, 2.05) is 31.3 Å². The highest BCUT2D eigenvalue weighted by molar-refractivity contribution is 6.00. The van der Waals surface area contributed by atoms with Crippen molar-refractivity contribution in [1.29, 1.82) is 0 Å². The molecule has 0 saturated carbocycles. The SMILES string of the molecule is Cc1nccc2[nH]cc(-c3ccc4c(N5CC6CCC(C5)N6)nc(OCC56CCCN5CCC6)nc4c3F)c12. The van der Waals surface area contributed by atoms with Gasteiger partial charge in [-0.2, -0.15) is 9.97 Å². The predicted octanol–water partition coefficient (Wildman–Crippen LogP) is 4.57. The summed E-state index contributed by atoms with van der Waals surface area (Å²) in [6, 6.07) is 6.93. The number of pyridine rings is 1. The summed E-state index contributed by atoms with van der Waals surface area (Å²) in [7, 11) is 0. The summed E-state index contributed by atoms with van der Waals surface area (Å²) in [5, 5.41) is 5.36. The molecule has 3 aromatic heterocycles. The molecule has 2 atom stereocenters. The first-order valence-electron chi connectivity index (χ1n) is 14.4. The molecule has 0 radical (unpaired) electrons. The highest BCUT2D eigenvalue weighted by Gasteiger charge is 2.45. The summed E-state index contributed by atoms with van der Waals surface area (Å²) in [6.07, 6.45) is 10.7. The molecule has 4 saturated heterocycles. The van der Waals surface area contributed by atoms with Crippen LogP contribution in [0.3, 0.4) is 0 Å². The number of hydrogen-bond acceptors (Lipinski definition) is 7. The predicted molar refractivity (Wildman–Crippen MR) is 150 cm³/mol. The standard InChI is InChI=1S/C30H34FN7O/c1-18-25-23(14-33-24(25)8-11-32-18)21-6-7-22-27(26(21)31)35-29(39-17-30-9-2-12-38(30)13-3-10-30)36-28(22)37-15-19-4-5-20(16-37)34-19/h6-8,11,14,19-20,33-34H,2-5,9-10,12-13,15-17H2,1H3. The van der Waals surface area contributed by atoms with Crippen molar-refractivity contribution in [1.82, 2.24) is 30.2 Å². The number of rotatable bonds is 5. The first-order valence-corrected chi connectivity index (χ1v) is 14.4. The zero-order chi connectivity index (χ0) is 26.1. The van der Waals surface area contributed by atoms with E-state index in [-0.39, 0.29) is 17.4 Å². The number of nitrogens with zero attached hydrogens (tertiary/aromatic N) is 5. The van der Waals surface area contributed by atoms with Gasteiger partial charge in [0.2, 0.25) is 0 Å². The van der Waals surface area contributed by atoms with Gasteiger partial charge in [0.15, 0.2) is 5.82 Å². The van der Waals surface area contributed by atoms with Crippen molar-refractivity contribution < 1.29 is 9.13 Å². The van der Waals surface area contributed by atoms with Gasteiger partial charge in [0.05, 0.1) is 5.54 Å². The molecule has 4 aliphatic heterocycles. The number of anilines is 1. The largest absolute Gasteiger partial charge is 0.461 e. The van der Waals surface area contributed by atoms with E-state index in [1.54, 1.807) is 6.20 Å². The van der Waals surface area contributed by atoms with Crippen molar-refractivity contribution in [2.24, 2.45) is 0 Å². The maximum atomic E-state index is 16.5. The molecule has 1 aromatic carbocycles. The average molecular weight is 528 g/mol. The maximum absolute atomic E-state index is 16.5. The topological polar surface area (TPSA) is 82.2 Å². The lowest BCUT2D eigenvalue weighted by Gasteiger charge is -2.34. The third-order valence-electron chi connectivity index (χ3n) is 9.64. The molecule has 0 aliphatic carbocycles. The Morgan fingerprint density at radius 1 is 1.05 bits per heavy atom. The number of benzene rings is 1. The number of aromatic nitrogens is 4. The third kappa shape index (κ3) is 3.73. The van der Waals surface area contributed by atoms with E-state index in [9.17, 15) is 0 Å². The van der Waals surface area contributed by atoms with Crippen molar-refractivity contribution in [3.8, 4) is 17.1 Å². The second-order valence-corrected chi connectivity index (χ2v) is 11.9. The molecule has 39 heavy (non-hydrogen) atoms. The molecule has 2 unspecified atom stereocenters. The minimum absolute atomic E-state index is 0.0710. The first-order chi connectivity index (χ1) is 19.1. The fourth-order valence-electron chi connectivity index (χ4n) is 7.73. The van der Waals surface area contributed by atoms with Crippen molar-refractivity contribution in [3.63, 3.8) is 0 Å². The Balaban J connectivity index is 1.24. The van der Waals surface area contributed by atoms with Crippen LogP contribution in [0.4, 0.5) is 10.2 Å². The number of halogens is 1. The summed E-state index contributed by atoms with van der Waals surface area (Å²) in [6.45, 7) is 6.49. The normalized spacial score (nSPS) is 24.2. The summed E-state index contributed by atoms with van der Waals surface area (Å²) >= 11 is 0. The Kier molecular flexibility index (Phi) is 5.35. The number of aromatic amines is 1. The fourth-order valence-corrected chi connectivity index (χ4v) is 7.73. The van der Waals surface area contributed by atoms with Crippen LogP contribution in [0.15, 0.2) is 30.6 Å². The van der Waals surface area contributed by atoms with Crippen LogP contribution in [0.5, 0.6) is 6.01 Å². The molecular weight excluding hydrogens is 493 g/mol. The smallest absolute Gasteiger partial charge is 0.319 e. The van der Waals surface area contributed by atoms with Crippen molar-refractivity contribution >= 4 is 27.6 Å². The quantitative estimate of drug-likeness (QED) is 0.394. The molecule has 7 heterocycles. The van der Waals surface area contributed by atoms with E-state index in [2.05, 4.69) is 25.1 Å². The van der Waals surface area contributed by atoms with E-state index in [0.717, 1.165) is 72.4 Å². The van der Waals surface area contributed by atoms with Crippen LogP contribution in [0.25, 0.3) is 32.9 Å². The molecule has 4 aromatic rings. The monoisotopic (exact) mass is 527 g/mol. The Morgan fingerprint density at radius 3 is 2.64 bits per heavy atom. The number of H-pyrrole nitrogens is 1. The number of piperazine rings is 1. The van der Waals surface area contributed by atoms with Crippen LogP contribution in [0.2, 0.25) is 0 Å². The number of aryl methyl sites for hydroxylation is 1. The van der Waals surface area contributed by atoms with Crippen molar-refractivity contribution in [2.75, 3.05) is 37.7 Å². The van der Waals surface area contributed by atoms with Crippen LogP contribution in [-0.2, 0) is 0 Å². The van der Waals surface area contributed by atoms with Crippen LogP contribution in [0.1, 0.15) is 44.2 Å². The first kappa shape index (κ1) is 23.6. The fraction of sp³-hybridized carbons (Fsp3) is 0.500. The second kappa shape index (κ2) is 8.86. The number of fused-ring (bicyclic) bond motifs is 5. The molecule has 2 N–H and O–H groups in total. The molecule has 0 spiro atoms.